The van der Waals surface area contributed by atoms with Crippen LogP contribution in [0.5, 0.6) is 5.75 Å². The third-order valence-corrected chi connectivity index (χ3v) is 9.51. The van der Waals surface area contributed by atoms with Crippen LogP contribution in [0.1, 0.15) is 62.6 Å². The first-order chi connectivity index (χ1) is 24.9. The third kappa shape index (κ3) is 12.0. The average molecular weight is 748 g/mol. The van der Waals surface area contributed by atoms with E-state index in [4.69, 9.17) is 40.0 Å². The summed E-state index contributed by atoms with van der Waals surface area (Å²) >= 11 is 5.73. The van der Waals surface area contributed by atoms with Gasteiger partial charge in [-0.2, -0.15) is 0 Å². The lowest BCUT2D eigenvalue weighted by Gasteiger charge is -2.45. The van der Waals surface area contributed by atoms with Gasteiger partial charge in [-0.05, 0) is 55.0 Å². The number of rotatable bonds is 19. The summed E-state index contributed by atoms with van der Waals surface area (Å²) in [5.74, 6) is -0.396. The smallest absolute Gasteiger partial charge is 0.407 e. The van der Waals surface area contributed by atoms with Gasteiger partial charge in [0.25, 0.3) is 0 Å². The number of amides is 2. The number of nitrogens with one attached hydrogen (secondary N) is 1. The van der Waals surface area contributed by atoms with Gasteiger partial charge in [-0.3, -0.25) is 9.59 Å². The molecule has 2 aromatic rings. The number of hydrogen-bond donors (Lipinski definition) is 2. The van der Waals surface area contributed by atoms with E-state index in [9.17, 15) is 19.5 Å². The van der Waals surface area contributed by atoms with Crippen LogP contribution in [-0.4, -0.2) is 113 Å². The van der Waals surface area contributed by atoms with Crippen molar-refractivity contribution in [3.63, 3.8) is 0 Å². The van der Waals surface area contributed by atoms with E-state index in [0.717, 1.165) is 47.6 Å². The molecule has 4 rings (SSSR count). The van der Waals surface area contributed by atoms with Crippen LogP contribution in [0.25, 0.3) is 0 Å². The lowest BCUT2D eigenvalue weighted by molar-refractivity contribution is -0.146. The van der Waals surface area contributed by atoms with E-state index in [1.165, 1.54) is 11.8 Å². The predicted octanol–water partition coefficient (Wildman–Crippen LogP) is 5.17. The third-order valence-electron chi connectivity index (χ3n) is 9.42. The molecule has 2 amide bonds. The number of carboxylic acid groups (broad SMARTS) is 1. The summed E-state index contributed by atoms with van der Waals surface area (Å²) in [6, 6.07) is 13.6. The summed E-state index contributed by atoms with van der Waals surface area (Å²) in [5.41, 5.74) is 2.13. The van der Waals surface area contributed by atoms with Crippen LogP contribution in [0.3, 0.4) is 0 Å². The summed E-state index contributed by atoms with van der Waals surface area (Å²) in [4.78, 5) is 41.7. The maximum Gasteiger partial charge on any atom is 0.407 e. The van der Waals surface area contributed by atoms with E-state index < -0.39 is 41.1 Å². The Hall–Kier alpha value is -3.62. The van der Waals surface area contributed by atoms with Gasteiger partial charge in [0.15, 0.2) is 5.56 Å². The highest BCUT2D eigenvalue weighted by Crippen LogP contribution is 2.40. The number of likely N-dealkylation sites (tertiary alicyclic amines) is 1. The van der Waals surface area contributed by atoms with Crippen LogP contribution in [0.2, 0.25) is 0 Å². The maximum atomic E-state index is 13.3. The van der Waals surface area contributed by atoms with Crippen LogP contribution in [0, 0.1) is 5.41 Å². The Labute approximate surface area is 311 Å². The van der Waals surface area contributed by atoms with E-state index in [0.29, 0.717) is 39.5 Å². The van der Waals surface area contributed by atoms with E-state index >= 15 is 0 Å². The Bertz CT molecular complexity index is 1460. The molecule has 0 aromatic heterocycles. The Morgan fingerprint density at radius 3 is 2.46 bits per heavy atom. The highest BCUT2D eigenvalue weighted by molar-refractivity contribution is 6.20. The van der Waals surface area contributed by atoms with Gasteiger partial charge in [0.2, 0.25) is 5.91 Å². The van der Waals surface area contributed by atoms with Crippen molar-refractivity contribution >= 4 is 35.3 Å². The van der Waals surface area contributed by atoms with Crippen LogP contribution in [0.15, 0.2) is 42.5 Å². The van der Waals surface area contributed by atoms with Gasteiger partial charge in [-0.1, -0.05) is 55.8 Å². The molecule has 0 spiro atoms. The molecule has 2 heterocycles. The van der Waals surface area contributed by atoms with Gasteiger partial charge in [-0.25, -0.2) is 4.79 Å². The average Bonchev–Trinajstić information content (AvgIpc) is 3.11. The molecule has 2 aromatic carbocycles. The number of hydrogen-bond acceptors (Lipinski definition) is 10. The first-order valence-corrected chi connectivity index (χ1v) is 18.2. The van der Waals surface area contributed by atoms with Crippen LogP contribution < -0.4 is 15.0 Å². The first kappa shape index (κ1) is 41.1. The highest BCUT2D eigenvalue weighted by Gasteiger charge is 2.43. The topological polar surface area (TPSA) is 145 Å². The van der Waals surface area contributed by atoms with Crippen molar-refractivity contribution < 1.29 is 47.9 Å². The summed E-state index contributed by atoms with van der Waals surface area (Å²) in [6.45, 7) is 9.37. The number of benzene rings is 2. The zero-order valence-corrected chi connectivity index (χ0v) is 31.7. The standard InChI is InChI=1S/C38H54ClN3O10/c1-26(39)52-35(43)22-40-36(44)38(2,3)21-30-20-31(29-10-7-27(8-11-29)24-49-18-17-48-5)34(23-42(30)37(45)46)51-25-28-9-12-33-32(19-28)41(14-16-50-33)13-6-15-47-4/h7-12,19,26,30-31,34H,6,13-18,20-25H2,1-5H3,(H,40,44)(H,45,46)/t26?,30-,31-,34+/m1/s1. The minimum absolute atomic E-state index is 0.112. The van der Waals surface area contributed by atoms with Crippen LogP contribution in [0.4, 0.5) is 10.5 Å². The van der Waals surface area contributed by atoms with Crippen LogP contribution in [-0.2, 0) is 46.5 Å². The number of halogens is 1. The fourth-order valence-corrected chi connectivity index (χ4v) is 6.82. The SMILES string of the molecule is COCCCN1CCOc2ccc(CO[C@H]3CN(C(=O)O)[C@@H](CC(C)(C)C(=O)NCC(=O)OC(C)Cl)C[C@@H]3c3ccc(COCCOC)cc3)cc21. The molecule has 13 nitrogen and oxygen atoms in total. The predicted molar refractivity (Wildman–Crippen MR) is 196 cm³/mol. The summed E-state index contributed by atoms with van der Waals surface area (Å²) in [5, 5.41) is 13.0. The minimum atomic E-state index is -1.09. The molecule has 2 aliphatic rings. The van der Waals surface area contributed by atoms with Crippen molar-refractivity contribution in [1.29, 1.82) is 0 Å². The number of fused-ring (bicyclic) bond motifs is 1. The molecular weight excluding hydrogens is 694 g/mol. The van der Waals surface area contributed by atoms with Crippen molar-refractivity contribution in [2.45, 2.75) is 76.9 Å². The Balaban J connectivity index is 1.54. The largest absolute Gasteiger partial charge is 0.490 e. The molecule has 52 heavy (non-hydrogen) atoms. The van der Waals surface area contributed by atoms with E-state index in [1.807, 2.05) is 36.4 Å². The number of alkyl halides is 1. The number of ether oxygens (including phenoxy) is 6. The van der Waals surface area contributed by atoms with Gasteiger partial charge in [0.1, 0.15) is 18.9 Å². The molecule has 1 saturated heterocycles. The van der Waals surface area contributed by atoms with Gasteiger partial charge < -0.3 is 48.6 Å². The minimum Gasteiger partial charge on any atom is -0.490 e. The van der Waals surface area contributed by atoms with E-state index in [1.54, 1.807) is 28.1 Å². The van der Waals surface area contributed by atoms with Crippen molar-refractivity contribution in [2.75, 3.05) is 71.7 Å². The van der Waals surface area contributed by atoms with Crippen molar-refractivity contribution in [3.8, 4) is 5.75 Å². The maximum absolute atomic E-state index is 13.3. The van der Waals surface area contributed by atoms with Gasteiger partial charge in [0.05, 0.1) is 51.3 Å². The first-order valence-electron chi connectivity index (χ1n) is 17.8. The molecule has 0 aliphatic carbocycles. The van der Waals surface area contributed by atoms with Crippen molar-refractivity contribution in [2.24, 2.45) is 5.41 Å². The fourth-order valence-electron chi connectivity index (χ4n) is 6.72. The second kappa shape index (κ2) is 20.0. The lowest BCUT2D eigenvalue weighted by Crippen LogP contribution is -2.54. The zero-order valence-electron chi connectivity index (χ0n) is 30.9. The van der Waals surface area contributed by atoms with Crippen molar-refractivity contribution in [3.05, 3.63) is 59.2 Å². The van der Waals surface area contributed by atoms with Gasteiger partial charge >= 0.3 is 12.1 Å². The Morgan fingerprint density at radius 2 is 1.77 bits per heavy atom. The molecule has 2 aliphatic heterocycles. The van der Waals surface area contributed by atoms with Crippen molar-refractivity contribution in [1.82, 2.24) is 10.2 Å². The number of anilines is 1. The normalized spacial score (nSPS) is 19.4. The number of methoxy groups -OCH3 is 2. The Kier molecular flexibility index (Phi) is 15.8. The second-order valence-corrected chi connectivity index (χ2v) is 14.5. The molecule has 0 saturated carbocycles. The molecule has 2 N–H and O–H groups in total. The van der Waals surface area contributed by atoms with E-state index in [-0.39, 0.29) is 32.0 Å². The highest BCUT2D eigenvalue weighted by atomic mass is 35.5. The second-order valence-electron chi connectivity index (χ2n) is 13.9. The number of nitrogens with zero attached hydrogens (tertiary/aromatic N) is 2. The monoisotopic (exact) mass is 747 g/mol. The van der Waals surface area contributed by atoms with Crippen LogP contribution >= 0.6 is 11.6 Å². The Morgan fingerprint density at radius 1 is 1.04 bits per heavy atom. The molecule has 288 valence electrons. The molecule has 14 heteroatoms. The summed E-state index contributed by atoms with van der Waals surface area (Å²) in [7, 11) is 3.33. The number of carbonyl (C=O) groups excluding carboxylic acids is 2. The molecule has 4 atom stereocenters. The number of carbonyl (C=O) groups is 3. The molecule has 0 radical (unpaired) electrons. The lowest BCUT2D eigenvalue weighted by atomic mass is 9.76. The van der Waals surface area contributed by atoms with E-state index in [2.05, 4.69) is 16.3 Å². The summed E-state index contributed by atoms with van der Waals surface area (Å²) < 4.78 is 33.5. The van der Waals surface area contributed by atoms with Gasteiger partial charge in [-0.15, -0.1) is 0 Å². The molecule has 0 bridgehead atoms. The molecule has 1 unspecified atom stereocenters. The summed E-state index contributed by atoms with van der Waals surface area (Å²) in [6.07, 6.45) is -0.0123. The quantitative estimate of drug-likeness (QED) is 0.112. The molecular formula is C38H54ClN3O10. The van der Waals surface area contributed by atoms with Gasteiger partial charge in [0, 0.05) is 44.7 Å². The fraction of sp³-hybridized carbons (Fsp3) is 0.605. The number of piperidine rings is 1. The zero-order chi connectivity index (χ0) is 37.7. The molecule has 1 fully saturated rings. The number of esters is 1.